The van der Waals surface area contributed by atoms with Crippen molar-refractivity contribution in [3.05, 3.63) is 150 Å². The molecule has 8 aromatic rings. The van der Waals surface area contributed by atoms with Gasteiger partial charge in [-0.05, 0) is 115 Å². The molecule has 7 aromatic carbocycles. The van der Waals surface area contributed by atoms with Crippen molar-refractivity contribution in [3.63, 3.8) is 0 Å². The van der Waals surface area contributed by atoms with Crippen LogP contribution in [0.2, 0.25) is 0 Å². The average molecular weight is 608 g/mol. The third kappa shape index (κ3) is 4.24. The van der Waals surface area contributed by atoms with Crippen LogP contribution in [-0.4, -0.2) is 0 Å². The normalized spacial score (nSPS) is 13.8. The number of rotatable bonds is 3. The van der Waals surface area contributed by atoms with Gasteiger partial charge in [-0.3, -0.25) is 0 Å². The van der Waals surface area contributed by atoms with Crippen molar-refractivity contribution < 1.29 is 4.42 Å². The summed E-state index contributed by atoms with van der Waals surface area (Å²) in [5.41, 5.74) is 11.8. The first-order valence-corrected chi connectivity index (χ1v) is 16.6. The van der Waals surface area contributed by atoms with Gasteiger partial charge in [-0.15, -0.1) is 0 Å². The van der Waals surface area contributed by atoms with E-state index in [1.165, 1.54) is 49.4 Å². The fourth-order valence-corrected chi connectivity index (χ4v) is 7.74. The first-order chi connectivity index (χ1) is 22.7. The molecule has 9 rings (SSSR count). The molecule has 0 saturated heterocycles. The van der Waals surface area contributed by atoms with Gasteiger partial charge in [-0.1, -0.05) is 107 Å². The maximum atomic E-state index is 6.59. The van der Waals surface area contributed by atoms with Crippen molar-refractivity contribution in [1.82, 2.24) is 0 Å². The number of furan rings is 1. The van der Waals surface area contributed by atoms with E-state index in [0.717, 1.165) is 39.0 Å². The van der Waals surface area contributed by atoms with Crippen LogP contribution in [-0.2, 0) is 10.8 Å². The summed E-state index contributed by atoms with van der Waals surface area (Å²) in [6.45, 7) is 11.5. The highest BCUT2D eigenvalue weighted by Gasteiger charge is 2.36. The predicted octanol–water partition coefficient (Wildman–Crippen LogP) is 13.0. The van der Waals surface area contributed by atoms with E-state index in [1.807, 2.05) is 6.07 Å². The fourth-order valence-electron chi connectivity index (χ4n) is 7.74. The van der Waals surface area contributed by atoms with Gasteiger partial charge in [0.15, 0.2) is 5.58 Å². The lowest BCUT2D eigenvalue weighted by Crippen LogP contribution is -2.15. The lowest BCUT2D eigenvalue weighted by Gasteiger charge is -2.27. The van der Waals surface area contributed by atoms with Crippen molar-refractivity contribution in [2.24, 2.45) is 0 Å². The molecule has 0 radical (unpaired) electrons. The Balaban J connectivity index is 1.25. The molecule has 47 heavy (non-hydrogen) atoms. The largest absolute Gasteiger partial charge is 0.454 e. The number of hydrogen-bond acceptors (Lipinski definition) is 2. The average Bonchev–Trinajstić information content (AvgIpc) is 3.55. The predicted molar refractivity (Wildman–Crippen MR) is 200 cm³/mol. The standard InChI is InChI=1S/C45H37NO/c1-44(2,3)32-18-21-33(22-19-32)46(41-15-10-14-36-35-13-8-9-16-42(35)47-43(36)41)34-20-17-30-25-38-37-24-28-11-6-7-12-29(28)26-39(37)45(4,5)40(38)27-31(30)23-34/h6-27H,1-5H3. The van der Waals surface area contributed by atoms with Crippen LogP contribution < -0.4 is 4.90 Å². The Labute approximate surface area is 275 Å². The van der Waals surface area contributed by atoms with E-state index in [9.17, 15) is 0 Å². The maximum absolute atomic E-state index is 6.59. The Bertz CT molecular complexity index is 2520. The molecule has 0 unspecified atom stereocenters. The van der Waals surface area contributed by atoms with Gasteiger partial charge in [-0.25, -0.2) is 0 Å². The van der Waals surface area contributed by atoms with Gasteiger partial charge in [0.2, 0.25) is 0 Å². The summed E-state index contributed by atoms with van der Waals surface area (Å²) in [7, 11) is 0. The van der Waals surface area contributed by atoms with Crippen LogP contribution in [0.25, 0.3) is 54.6 Å². The van der Waals surface area contributed by atoms with Gasteiger partial charge in [0.05, 0.1) is 5.69 Å². The molecule has 1 aromatic heterocycles. The molecule has 0 amide bonds. The summed E-state index contributed by atoms with van der Waals surface area (Å²) in [6.07, 6.45) is 0. The van der Waals surface area contributed by atoms with Crippen LogP contribution in [0.15, 0.2) is 138 Å². The molecule has 0 aliphatic heterocycles. The fraction of sp³-hybridized carbons (Fsp3) is 0.156. The van der Waals surface area contributed by atoms with Gasteiger partial charge in [0.1, 0.15) is 5.58 Å². The monoisotopic (exact) mass is 607 g/mol. The van der Waals surface area contributed by atoms with Crippen molar-refractivity contribution in [2.45, 2.75) is 45.4 Å². The lowest BCUT2D eigenvalue weighted by atomic mass is 9.81. The highest BCUT2D eigenvalue weighted by Crippen LogP contribution is 2.51. The molecule has 0 atom stereocenters. The Morgan fingerprint density at radius 1 is 0.532 bits per heavy atom. The van der Waals surface area contributed by atoms with Crippen LogP contribution in [0.1, 0.15) is 51.3 Å². The minimum Gasteiger partial charge on any atom is -0.454 e. The molecular formula is C45H37NO. The molecule has 0 saturated carbocycles. The molecule has 2 heteroatoms. The van der Waals surface area contributed by atoms with Gasteiger partial charge >= 0.3 is 0 Å². The Morgan fingerprint density at radius 3 is 1.85 bits per heavy atom. The van der Waals surface area contributed by atoms with E-state index < -0.39 is 0 Å². The third-order valence-electron chi connectivity index (χ3n) is 10.4. The summed E-state index contributed by atoms with van der Waals surface area (Å²) in [5, 5.41) is 7.33. The van der Waals surface area contributed by atoms with Crippen LogP contribution in [0.4, 0.5) is 17.1 Å². The molecule has 0 N–H and O–H groups in total. The van der Waals surface area contributed by atoms with Crippen LogP contribution in [0.5, 0.6) is 0 Å². The van der Waals surface area contributed by atoms with E-state index in [-0.39, 0.29) is 10.8 Å². The number of fused-ring (bicyclic) bond motifs is 8. The molecule has 1 heterocycles. The zero-order valence-electron chi connectivity index (χ0n) is 27.6. The Hall–Kier alpha value is -5.34. The SMILES string of the molecule is CC(C)(C)c1ccc(N(c2ccc3cc4c(cc3c2)C(C)(C)c2cc3ccccc3cc2-4)c2cccc3c2oc2ccccc23)cc1. The lowest BCUT2D eigenvalue weighted by molar-refractivity contribution is 0.590. The van der Waals surface area contributed by atoms with Crippen LogP contribution >= 0.6 is 0 Å². The van der Waals surface area contributed by atoms with E-state index >= 15 is 0 Å². The molecule has 1 aliphatic rings. The van der Waals surface area contributed by atoms with Crippen molar-refractivity contribution in [3.8, 4) is 11.1 Å². The minimum absolute atomic E-state index is 0.0711. The molecule has 2 nitrogen and oxygen atoms in total. The third-order valence-corrected chi connectivity index (χ3v) is 10.4. The number of nitrogens with zero attached hydrogens (tertiary/aromatic N) is 1. The smallest absolute Gasteiger partial charge is 0.159 e. The van der Waals surface area contributed by atoms with Crippen molar-refractivity contribution in [2.75, 3.05) is 4.90 Å². The van der Waals surface area contributed by atoms with Crippen molar-refractivity contribution >= 4 is 60.5 Å². The topological polar surface area (TPSA) is 16.4 Å². The number of benzene rings is 7. The van der Waals surface area contributed by atoms with Gasteiger partial charge in [0, 0.05) is 27.6 Å². The zero-order valence-corrected chi connectivity index (χ0v) is 27.6. The Kier molecular flexibility index (Phi) is 5.84. The highest BCUT2D eigenvalue weighted by atomic mass is 16.3. The van der Waals surface area contributed by atoms with Crippen molar-refractivity contribution in [1.29, 1.82) is 0 Å². The second-order valence-corrected chi connectivity index (χ2v) is 14.7. The second kappa shape index (κ2) is 9.83. The van der Waals surface area contributed by atoms with E-state index in [4.69, 9.17) is 4.42 Å². The maximum Gasteiger partial charge on any atom is 0.159 e. The molecule has 0 bridgehead atoms. The summed E-state index contributed by atoms with van der Waals surface area (Å²) in [6, 6.07) is 49.1. The second-order valence-electron chi connectivity index (χ2n) is 14.7. The first kappa shape index (κ1) is 27.9. The summed E-state index contributed by atoms with van der Waals surface area (Å²) < 4.78 is 6.59. The molecule has 228 valence electrons. The molecular weight excluding hydrogens is 571 g/mol. The number of anilines is 3. The quantitative estimate of drug-likeness (QED) is 0.199. The summed E-state index contributed by atoms with van der Waals surface area (Å²) in [4.78, 5) is 2.36. The van der Waals surface area contributed by atoms with Crippen LogP contribution in [0, 0.1) is 0 Å². The van der Waals surface area contributed by atoms with E-state index in [2.05, 4.69) is 167 Å². The Morgan fingerprint density at radius 2 is 1.13 bits per heavy atom. The molecule has 1 aliphatic carbocycles. The number of hydrogen-bond donors (Lipinski definition) is 0. The summed E-state index contributed by atoms with van der Waals surface area (Å²) >= 11 is 0. The highest BCUT2D eigenvalue weighted by molar-refractivity contribution is 6.10. The van der Waals surface area contributed by atoms with Crippen LogP contribution in [0.3, 0.4) is 0 Å². The first-order valence-electron chi connectivity index (χ1n) is 16.6. The van der Waals surface area contributed by atoms with Gasteiger partial charge in [0.25, 0.3) is 0 Å². The van der Waals surface area contributed by atoms with Gasteiger partial charge < -0.3 is 9.32 Å². The summed E-state index contributed by atoms with van der Waals surface area (Å²) in [5.74, 6) is 0. The molecule has 0 spiro atoms. The van der Waals surface area contributed by atoms with E-state index in [1.54, 1.807) is 0 Å². The minimum atomic E-state index is -0.0960. The van der Waals surface area contributed by atoms with E-state index in [0.29, 0.717) is 0 Å². The molecule has 0 fully saturated rings. The number of para-hydroxylation sites is 2. The van der Waals surface area contributed by atoms with Gasteiger partial charge in [-0.2, -0.15) is 0 Å². The zero-order chi connectivity index (χ0) is 32.1.